The molecule has 21 heavy (non-hydrogen) atoms. The number of nitrogens with zero attached hydrogens (tertiary/aromatic N) is 1. The van der Waals surface area contributed by atoms with Gasteiger partial charge in [0.2, 0.25) is 0 Å². The molecule has 4 nitrogen and oxygen atoms in total. The molecule has 0 saturated heterocycles. The third kappa shape index (κ3) is 3.61. The fraction of sp³-hybridized carbons (Fsp3) is 0.188. The van der Waals surface area contributed by atoms with Gasteiger partial charge in [-0.05, 0) is 41.8 Å². The van der Waals surface area contributed by atoms with E-state index in [1.807, 2.05) is 26.0 Å². The van der Waals surface area contributed by atoms with Crippen LogP contribution in [0, 0.1) is 11.3 Å². The lowest BCUT2D eigenvalue weighted by Gasteiger charge is -2.10. The van der Waals surface area contributed by atoms with Crippen LogP contribution in [0.2, 0.25) is 0 Å². The quantitative estimate of drug-likeness (QED) is 0.811. The van der Waals surface area contributed by atoms with E-state index in [2.05, 4.69) is 0 Å². The predicted molar refractivity (Wildman–Crippen MR) is 79.5 cm³/mol. The minimum atomic E-state index is -3.94. The van der Waals surface area contributed by atoms with Crippen molar-refractivity contribution in [2.24, 2.45) is 0 Å². The molecule has 5 heteroatoms. The number of hydrogen-bond acceptors (Lipinski definition) is 4. The Bertz CT molecular complexity index is 789. The van der Waals surface area contributed by atoms with Crippen molar-refractivity contribution in [3.05, 3.63) is 59.7 Å². The van der Waals surface area contributed by atoms with Crippen molar-refractivity contribution in [1.82, 2.24) is 0 Å². The molecule has 0 saturated carbocycles. The van der Waals surface area contributed by atoms with Crippen LogP contribution in [0.1, 0.15) is 30.9 Å². The van der Waals surface area contributed by atoms with Gasteiger partial charge in [-0.1, -0.05) is 32.0 Å². The van der Waals surface area contributed by atoms with Crippen LogP contribution in [-0.4, -0.2) is 8.42 Å². The number of nitriles is 1. The maximum absolute atomic E-state index is 12.2. The molecule has 2 rings (SSSR count). The molecule has 0 heterocycles. The molecule has 108 valence electrons. The van der Waals surface area contributed by atoms with Gasteiger partial charge >= 0.3 is 10.1 Å². The minimum Gasteiger partial charge on any atom is -0.379 e. The Hall–Kier alpha value is -2.32. The first-order valence-corrected chi connectivity index (χ1v) is 7.88. The lowest BCUT2D eigenvalue weighted by atomic mass is 10.0. The van der Waals surface area contributed by atoms with Gasteiger partial charge in [0.1, 0.15) is 10.6 Å². The monoisotopic (exact) mass is 301 g/mol. The van der Waals surface area contributed by atoms with Gasteiger partial charge < -0.3 is 4.18 Å². The summed E-state index contributed by atoms with van der Waals surface area (Å²) < 4.78 is 29.6. The summed E-state index contributed by atoms with van der Waals surface area (Å²) in [7, 11) is -3.94. The maximum atomic E-state index is 12.2. The average molecular weight is 301 g/mol. The van der Waals surface area contributed by atoms with Crippen LogP contribution in [0.15, 0.2) is 53.4 Å². The first-order valence-electron chi connectivity index (χ1n) is 6.47. The first-order chi connectivity index (χ1) is 9.92. The van der Waals surface area contributed by atoms with Crippen LogP contribution < -0.4 is 4.18 Å². The molecule has 0 spiro atoms. The smallest absolute Gasteiger partial charge is 0.339 e. The van der Waals surface area contributed by atoms with Crippen molar-refractivity contribution in [1.29, 1.82) is 5.26 Å². The van der Waals surface area contributed by atoms with Crippen LogP contribution in [0.5, 0.6) is 5.75 Å². The summed E-state index contributed by atoms with van der Waals surface area (Å²) in [5.41, 5.74) is 1.27. The fourth-order valence-electron chi connectivity index (χ4n) is 1.82. The molecule has 0 unspecified atom stereocenters. The second-order valence-corrected chi connectivity index (χ2v) is 6.45. The summed E-state index contributed by atoms with van der Waals surface area (Å²) in [6, 6.07) is 14.6. The van der Waals surface area contributed by atoms with Crippen LogP contribution >= 0.6 is 0 Å². The Morgan fingerprint density at radius 2 is 1.81 bits per heavy atom. The van der Waals surface area contributed by atoms with Crippen molar-refractivity contribution in [2.75, 3.05) is 0 Å². The molecule has 0 atom stereocenters. The third-order valence-corrected chi connectivity index (χ3v) is 4.23. The highest BCUT2D eigenvalue weighted by atomic mass is 32.2. The summed E-state index contributed by atoms with van der Waals surface area (Å²) >= 11 is 0. The summed E-state index contributed by atoms with van der Waals surface area (Å²) in [4.78, 5) is -0.0310. The fourth-order valence-corrected chi connectivity index (χ4v) is 2.79. The standard InChI is InChI=1S/C16H15NO3S/c1-12(2)14-6-4-7-15(10-14)20-21(18,19)16-8-3-5-13(9-16)11-17/h3-10,12H,1-2H3. The maximum Gasteiger partial charge on any atom is 0.339 e. The van der Waals surface area contributed by atoms with Crippen LogP contribution in [-0.2, 0) is 10.1 Å². The number of rotatable bonds is 4. The van der Waals surface area contributed by atoms with Gasteiger partial charge in [0.05, 0.1) is 11.6 Å². The topological polar surface area (TPSA) is 67.2 Å². The van der Waals surface area contributed by atoms with Gasteiger partial charge in [0.25, 0.3) is 0 Å². The Morgan fingerprint density at radius 3 is 2.48 bits per heavy atom. The van der Waals surface area contributed by atoms with Gasteiger partial charge in [0, 0.05) is 0 Å². The van der Waals surface area contributed by atoms with Crippen LogP contribution in [0.3, 0.4) is 0 Å². The summed E-state index contributed by atoms with van der Waals surface area (Å²) in [6.45, 7) is 4.04. The molecule has 0 aliphatic heterocycles. The highest BCUT2D eigenvalue weighted by molar-refractivity contribution is 7.87. The van der Waals surface area contributed by atoms with Crippen LogP contribution in [0.25, 0.3) is 0 Å². The van der Waals surface area contributed by atoms with E-state index in [0.29, 0.717) is 0 Å². The second kappa shape index (κ2) is 5.98. The van der Waals surface area contributed by atoms with Crippen molar-refractivity contribution in [2.45, 2.75) is 24.7 Å². The molecular formula is C16H15NO3S. The Labute approximate surface area is 124 Å². The highest BCUT2D eigenvalue weighted by Crippen LogP contribution is 2.23. The summed E-state index contributed by atoms with van der Waals surface area (Å²) in [6.07, 6.45) is 0. The van der Waals surface area contributed by atoms with E-state index in [9.17, 15) is 8.42 Å². The second-order valence-electron chi connectivity index (χ2n) is 4.90. The van der Waals surface area contributed by atoms with Crippen LogP contribution in [0.4, 0.5) is 0 Å². The molecule has 0 aromatic heterocycles. The normalized spacial score (nSPS) is 11.1. The summed E-state index contributed by atoms with van der Waals surface area (Å²) in [5.74, 6) is 0.543. The highest BCUT2D eigenvalue weighted by Gasteiger charge is 2.17. The van der Waals surface area contributed by atoms with Gasteiger partial charge in [-0.25, -0.2) is 0 Å². The van der Waals surface area contributed by atoms with Crippen molar-refractivity contribution < 1.29 is 12.6 Å². The van der Waals surface area contributed by atoms with Crippen molar-refractivity contribution in [3.63, 3.8) is 0 Å². The Balaban J connectivity index is 2.33. The Morgan fingerprint density at radius 1 is 1.10 bits per heavy atom. The molecular weight excluding hydrogens is 286 g/mol. The van der Waals surface area contributed by atoms with Gasteiger partial charge in [-0.3, -0.25) is 0 Å². The molecule has 0 aliphatic rings. The lowest BCUT2D eigenvalue weighted by Crippen LogP contribution is -2.10. The molecule has 2 aromatic rings. The van der Waals surface area contributed by atoms with E-state index >= 15 is 0 Å². The third-order valence-electron chi connectivity index (χ3n) is 2.98. The van der Waals surface area contributed by atoms with E-state index < -0.39 is 10.1 Å². The van der Waals surface area contributed by atoms with Gasteiger partial charge in [-0.2, -0.15) is 13.7 Å². The van der Waals surface area contributed by atoms with Crippen molar-refractivity contribution >= 4 is 10.1 Å². The molecule has 2 aromatic carbocycles. The zero-order chi connectivity index (χ0) is 15.5. The van der Waals surface area contributed by atoms with Crippen molar-refractivity contribution in [3.8, 4) is 11.8 Å². The predicted octanol–water partition coefficient (Wildman–Crippen LogP) is 3.45. The lowest BCUT2D eigenvalue weighted by molar-refractivity contribution is 0.485. The SMILES string of the molecule is CC(C)c1cccc(OS(=O)(=O)c2cccc(C#N)c2)c1. The molecule has 0 fully saturated rings. The molecule has 0 N–H and O–H groups in total. The molecule has 0 bridgehead atoms. The first kappa shape index (κ1) is 15.1. The van der Waals surface area contributed by atoms with E-state index in [1.165, 1.54) is 18.2 Å². The molecule has 0 radical (unpaired) electrons. The van der Waals surface area contributed by atoms with E-state index in [-0.39, 0.29) is 22.1 Å². The van der Waals surface area contributed by atoms with Gasteiger partial charge in [-0.15, -0.1) is 0 Å². The Kier molecular flexibility index (Phi) is 4.29. The molecule has 0 amide bonds. The number of benzene rings is 2. The van der Waals surface area contributed by atoms with E-state index in [0.717, 1.165) is 5.56 Å². The average Bonchev–Trinajstić information content (AvgIpc) is 2.47. The number of hydrogen-bond donors (Lipinski definition) is 0. The molecule has 0 aliphatic carbocycles. The van der Waals surface area contributed by atoms with Gasteiger partial charge in [0.15, 0.2) is 0 Å². The van der Waals surface area contributed by atoms with E-state index in [4.69, 9.17) is 9.44 Å². The zero-order valence-corrected chi connectivity index (χ0v) is 12.6. The zero-order valence-electron chi connectivity index (χ0n) is 11.8. The minimum absolute atomic E-state index is 0.0310. The van der Waals surface area contributed by atoms with E-state index in [1.54, 1.807) is 24.3 Å². The largest absolute Gasteiger partial charge is 0.379 e. The summed E-state index contributed by atoms with van der Waals surface area (Å²) in [5, 5.41) is 8.83.